The van der Waals surface area contributed by atoms with E-state index in [1.165, 1.54) is 5.56 Å². The van der Waals surface area contributed by atoms with Gasteiger partial charge in [0.05, 0.1) is 29.7 Å². The largest absolute Gasteiger partial charge is 0.454 e. The van der Waals surface area contributed by atoms with Crippen LogP contribution in [0, 0.1) is 13.8 Å². The van der Waals surface area contributed by atoms with Gasteiger partial charge in [0.2, 0.25) is 6.79 Å². The van der Waals surface area contributed by atoms with Crippen LogP contribution in [0.15, 0.2) is 48.5 Å². The average Bonchev–Trinajstić information content (AvgIpc) is 3.28. The Hall–Kier alpha value is -3.32. The molecule has 7 nitrogen and oxygen atoms in total. The fourth-order valence-electron chi connectivity index (χ4n) is 3.57. The summed E-state index contributed by atoms with van der Waals surface area (Å²) < 4.78 is 12.6. The summed E-state index contributed by atoms with van der Waals surface area (Å²) in [5.41, 5.74) is 5.00. The fraction of sp³-hybridized carbons (Fsp3) is 0.273. The van der Waals surface area contributed by atoms with E-state index in [-0.39, 0.29) is 12.7 Å². The molecule has 150 valence electrons. The second-order valence-electron chi connectivity index (χ2n) is 7.32. The summed E-state index contributed by atoms with van der Waals surface area (Å²) in [6.45, 7) is 5.38. The number of ether oxygens (including phenoxy) is 2. The number of aryl methyl sites for hydroxylation is 1. The van der Waals surface area contributed by atoms with E-state index in [0.717, 1.165) is 28.5 Å². The van der Waals surface area contributed by atoms with Crippen LogP contribution in [0.3, 0.4) is 0 Å². The molecule has 1 unspecified atom stereocenters. The summed E-state index contributed by atoms with van der Waals surface area (Å²) in [6, 6.07) is 15.5. The van der Waals surface area contributed by atoms with Crippen molar-refractivity contribution in [3.8, 4) is 17.2 Å². The molecule has 3 aromatic rings. The third kappa shape index (κ3) is 4.09. The number of hydrogen-bond acceptors (Lipinski definition) is 4. The Labute approximate surface area is 169 Å². The first kappa shape index (κ1) is 19.0. The summed E-state index contributed by atoms with van der Waals surface area (Å²) in [4.78, 5) is 13.6. The quantitative estimate of drug-likeness (QED) is 0.671. The van der Waals surface area contributed by atoms with E-state index in [9.17, 15) is 4.79 Å². The standard InChI is InChI=1S/C22H24N4O3/c1-15-19(16(2)26(24-15)18-7-5-4-6-8-18)12-25(3)13-22(27)23-17-9-10-20-21(11-17)29-14-28-20/h4-11H,12-14H2,1-3H3,(H,23,27)/p+1. The van der Waals surface area contributed by atoms with Gasteiger partial charge in [-0.3, -0.25) is 4.79 Å². The number of para-hydroxylation sites is 1. The number of anilines is 1. The lowest BCUT2D eigenvalue weighted by molar-refractivity contribution is -0.885. The zero-order valence-corrected chi connectivity index (χ0v) is 16.9. The van der Waals surface area contributed by atoms with Gasteiger partial charge in [0.25, 0.3) is 5.91 Å². The fourth-order valence-corrected chi connectivity index (χ4v) is 3.57. The number of likely N-dealkylation sites (N-methyl/N-ethyl adjacent to an activating group) is 1. The number of benzene rings is 2. The van der Waals surface area contributed by atoms with E-state index in [4.69, 9.17) is 14.6 Å². The average molecular weight is 393 g/mol. The molecule has 2 aromatic carbocycles. The van der Waals surface area contributed by atoms with Gasteiger partial charge >= 0.3 is 0 Å². The predicted octanol–water partition coefficient (Wildman–Crippen LogP) is 1.87. The number of hydrogen-bond donors (Lipinski definition) is 2. The molecule has 0 saturated carbocycles. The van der Waals surface area contributed by atoms with Gasteiger partial charge < -0.3 is 19.7 Å². The molecule has 1 aromatic heterocycles. The van der Waals surface area contributed by atoms with Gasteiger partial charge in [0.1, 0.15) is 6.54 Å². The van der Waals surface area contributed by atoms with Crippen molar-refractivity contribution in [1.82, 2.24) is 9.78 Å². The van der Waals surface area contributed by atoms with E-state index in [2.05, 4.69) is 12.2 Å². The zero-order valence-electron chi connectivity index (χ0n) is 16.9. The lowest BCUT2D eigenvalue weighted by atomic mass is 10.2. The smallest absolute Gasteiger partial charge is 0.279 e. The van der Waals surface area contributed by atoms with Crippen molar-refractivity contribution in [2.24, 2.45) is 0 Å². The number of amides is 1. The van der Waals surface area contributed by atoms with Gasteiger partial charge in [0.15, 0.2) is 18.0 Å². The number of fused-ring (bicyclic) bond motifs is 1. The molecule has 1 aliphatic heterocycles. The minimum atomic E-state index is -0.0490. The Morgan fingerprint density at radius 1 is 1.14 bits per heavy atom. The van der Waals surface area contributed by atoms with Crippen LogP contribution in [-0.2, 0) is 11.3 Å². The molecular formula is C22H25N4O3+. The SMILES string of the molecule is Cc1nn(-c2ccccc2)c(C)c1C[NH+](C)CC(=O)Nc1ccc2c(c1)OCO2. The maximum Gasteiger partial charge on any atom is 0.279 e. The van der Waals surface area contributed by atoms with E-state index in [1.54, 1.807) is 12.1 Å². The molecule has 2 N–H and O–H groups in total. The second kappa shape index (κ2) is 7.97. The van der Waals surface area contributed by atoms with Crippen molar-refractivity contribution in [3.63, 3.8) is 0 Å². The molecule has 7 heteroatoms. The van der Waals surface area contributed by atoms with Gasteiger partial charge in [-0.25, -0.2) is 4.68 Å². The normalized spacial score (nSPS) is 13.3. The third-order valence-electron chi connectivity index (χ3n) is 5.04. The first-order chi connectivity index (χ1) is 14.0. The number of rotatable bonds is 6. The highest BCUT2D eigenvalue weighted by molar-refractivity contribution is 5.91. The Morgan fingerprint density at radius 3 is 2.69 bits per heavy atom. The molecule has 0 aliphatic carbocycles. The minimum absolute atomic E-state index is 0.0490. The molecule has 0 spiro atoms. The molecular weight excluding hydrogens is 368 g/mol. The lowest BCUT2D eigenvalue weighted by Crippen LogP contribution is -3.08. The van der Waals surface area contributed by atoms with Gasteiger partial charge in [-0.2, -0.15) is 5.10 Å². The van der Waals surface area contributed by atoms with Crippen LogP contribution in [0.4, 0.5) is 5.69 Å². The topological polar surface area (TPSA) is 69.8 Å². The Kier molecular flexibility index (Phi) is 5.22. The number of aromatic nitrogens is 2. The molecule has 0 radical (unpaired) electrons. The van der Waals surface area contributed by atoms with Gasteiger partial charge in [0, 0.05) is 11.8 Å². The highest BCUT2D eigenvalue weighted by atomic mass is 16.7. The Morgan fingerprint density at radius 2 is 1.90 bits per heavy atom. The molecule has 4 rings (SSSR count). The summed E-state index contributed by atoms with van der Waals surface area (Å²) in [5.74, 6) is 1.31. The Balaban J connectivity index is 1.40. The second-order valence-corrected chi connectivity index (χ2v) is 7.32. The molecule has 0 saturated heterocycles. The molecule has 1 atom stereocenters. The highest BCUT2D eigenvalue weighted by Crippen LogP contribution is 2.34. The van der Waals surface area contributed by atoms with Crippen LogP contribution >= 0.6 is 0 Å². The highest BCUT2D eigenvalue weighted by Gasteiger charge is 2.19. The minimum Gasteiger partial charge on any atom is -0.454 e. The summed E-state index contributed by atoms with van der Waals surface area (Å²) >= 11 is 0. The number of nitrogens with one attached hydrogen (secondary N) is 2. The third-order valence-corrected chi connectivity index (χ3v) is 5.04. The summed E-state index contributed by atoms with van der Waals surface area (Å²) in [6.07, 6.45) is 0. The molecule has 0 bridgehead atoms. The summed E-state index contributed by atoms with van der Waals surface area (Å²) in [5, 5.41) is 7.62. The molecule has 1 amide bonds. The van der Waals surface area contributed by atoms with Crippen LogP contribution in [0.25, 0.3) is 5.69 Å². The molecule has 0 fully saturated rings. The van der Waals surface area contributed by atoms with Gasteiger partial charge in [-0.15, -0.1) is 0 Å². The van der Waals surface area contributed by atoms with Crippen molar-refractivity contribution in [3.05, 3.63) is 65.5 Å². The molecule has 2 heterocycles. The number of carbonyl (C=O) groups is 1. The van der Waals surface area contributed by atoms with Crippen molar-refractivity contribution < 1.29 is 19.2 Å². The molecule has 1 aliphatic rings. The number of carbonyl (C=O) groups excluding carboxylic acids is 1. The monoisotopic (exact) mass is 393 g/mol. The van der Waals surface area contributed by atoms with E-state index in [0.29, 0.717) is 23.7 Å². The van der Waals surface area contributed by atoms with Crippen LogP contribution < -0.4 is 19.7 Å². The first-order valence-corrected chi connectivity index (χ1v) is 9.62. The van der Waals surface area contributed by atoms with Crippen LogP contribution in [0.5, 0.6) is 11.5 Å². The zero-order chi connectivity index (χ0) is 20.4. The number of quaternary nitrogens is 1. The molecule has 29 heavy (non-hydrogen) atoms. The number of nitrogens with zero attached hydrogens (tertiary/aromatic N) is 2. The Bertz CT molecular complexity index is 1030. The maximum absolute atomic E-state index is 12.5. The van der Waals surface area contributed by atoms with Crippen molar-refractivity contribution in [1.29, 1.82) is 0 Å². The first-order valence-electron chi connectivity index (χ1n) is 9.62. The van der Waals surface area contributed by atoms with E-state index in [1.807, 2.05) is 55.1 Å². The predicted molar refractivity (Wildman–Crippen MR) is 110 cm³/mol. The lowest BCUT2D eigenvalue weighted by Gasteiger charge is -2.14. The van der Waals surface area contributed by atoms with E-state index >= 15 is 0 Å². The van der Waals surface area contributed by atoms with Crippen LogP contribution in [0.2, 0.25) is 0 Å². The van der Waals surface area contributed by atoms with Crippen molar-refractivity contribution >= 4 is 11.6 Å². The van der Waals surface area contributed by atoms with Crippen LogP contribution in [0.1, 0.15) is 17.0 Å². The van der Waals surface area contributed by atoms with E-state index < -0.39 is 0 Å². The van der Waals surface area contributed by atoms with Gasteiger partial charge in [-0.05, 0) is 38.1 Å². The van der Waals surface area contributed by atoms with Gasteiger partial charge in [-0.1, -0.05) is 18.2 Å². The van der Waals surface area contributed by atoms with Crippen molar-refractivity contribution in [2.75, 3.05) is 25.7 Å². The summed E-state index contributed by atoms with van der Waals surface area (Å²) in [7, 11) is 2.01. The maximum atomic E-state index is 12.5. The van der Waals surface area contributed by atoms with Crippen LogP contribution in [-0.4, -0.2) is 36.1 Å². The van der Waals surface area contributed by atoms with Crippen molar-refractivity contribution in [2.45, 2.75) is 20.4 Å².